The summed E-state index contributed by atoms with van der Waals surface area (Å²) in [6, 6.07) is 6.98. The maximum atomic E-state index is 12.1. The Labute approximate surface area is 137 Å². The van der Waals surface area contributed by atoms with Gasteiger partial charge in [0.15, 0.2) is 0 Å². The second-order valence-electron chi connectivity index (χ2n) is 5.98. The fourth-order valence-electron chi connectivity index (χ4n) is 2.74. The van der Waals surface area contributed by atoms with Crippen LogP contribution in [0.4, 0.5) is 0 Å². The Morgan fingerprint density at radius 2 is 1.96 bits per heavy atom. The third-order valence-corrected chi connectivity index (χ3v) is 4.31. The van der Waals surface area contributed by atoms with E-state index in [4.69, 9.17) is 0 Å². The number of hydrogen-bond acceptors (Lipinski definition) is 3. The van der Waals surface area contributed by atoms with Crippen LogP contribution in [0.5, 0.6) is 0 Å². The Hall–Kier alpha value is -2.14. The van der Waals surface area contributed by atoms with E-state index in [1.54, 1.807) is 36.1 Å². The van der Waals surface area contributed by atoms with E-state index in [1.165, 1.54) is 6.08 Å². The molecule has 0 bridgehead atoms. The number of carbonyl (C=O) groups excluding carboxylic acids is 2. The van der Waals surface area contributed by atoms with Crippen LogP contribution in [0.1, 0.15) is 41.8 Å². The predicted octanol–water partition coefficient (Wildman–Crippen LogP) is 1.89. The number of rotatable bonds is 5. The molecule has 124 valence electrons. The quantitative estimate of drug-likeness (QED) is 0.815. The predicted molar refractivity (Wildman–Crippen MR) is 88.9 cm³/mol. The number of hydrogen-bond donors (Lipinski definition) is 2. The van der Waals surface area contributed by atoms with Gasteiger partial charge in [-0.2, -0.15) is 0 Å². The van der Waals surface area contributed by atoms with Crippen LogP contribution in [0.3, 0.4) is 0 Å². The molecule has 0 unspecified atom stereocenters. The van der Waals surface area contributed by atoms with E-state index < -0.39 is 6.10 Å². The third kappa shape index (κ3) is 4.66. The van der Waals surface area contributed by atoms with E-state index in [2.05, 4.69) is 11.9 Å². The lowest BCUT2D eigenvalue weighted by atomic mass is 9.96. The van der Waals surface area contributed by atoms with Gasteiger partial charge in [0.05, 0.1) is 6.10 Å². The van der Waals surface area contributed by atoms with Crippen molar-refractivity contribution < 1.29 is 14.7 Å². The van der Waals surface area contributed by atoms with Crippen molar-refractivity contribution in [1.82, 2.24) is 10.2 Å². The van der Waals surface area contributed by atoms with E-state index in [0.29, 0.717) is 31.1 Å². The molecule has 23 heavy (non-hydrogen) atoms. The second-order valence-corrected chi connectivity index (χ2v) is 5.98. The molecule has 1 saturated heterocycles. The van der Waals surface area contributed by atoms with Crippen LogP contribution in [-0.2, 0) is 4.79 Å². The van der Waals surface area contributed by atoms with Crippen LogP contribution in [0, 0.1) is 5.92 Å². The van der Waals surface area contributed by atoms with Gasteiger partial charge < -0.3 is 15.3 Å². The van der Waals surface area contributed by atoms with Gasteiger partial charge in [0.25, 0.3) is 5.91 Å². The smallest absolute Gasteiger partial charge is 0.251 e. The number of piperidine rings is 1. The van der Waals surface area contributed by atoms with E-state index in [1.807, 2.05) is 0 Å². The third-order valence-electron chi connectivity index (χ3n) is 4.31. The van der Waals surface area contributed by atoms with Crippen molar-refractivity contribution in [3.63, 3.8) is 0 Å². The van der Waals surface area contributed by atoms with Gasteiger partial charge >= 0.3 is 0 Å². The first-order chi connectivity index (χ1) is 11.0. The zero-order valence-corrected chi connectivity index (χ0v) is 13.5. The van der Waals surface area contributed by atoms with Gasteiger partial charge in [-0.05, 0) is 49.5 Å². The van der Waals surface area contributed by atoms with E-state index in [9.17, 15) is 14.7 Å². The van der Waals surface area contributed by atoms with E-state index in [0.717, 1.165) is 18.4 Å². The van der Waals surface area contributed by atoms with Gasteiger partial charge in [-0.25, -0.2) is 0 Å². The Balaban J connectivity index is 1.79. The summed E-state index contributed by atoms with van der Waals surface area (Å²) in [6.07, 6.45) is 2.59. The van der Waals surface area contributed by atoms with Crippen molar-refractivity contribution in [2.24, 2.45) is 5.92 Å². The maximum Gasteiger partial charge on any atom is 0.251 e. The summed E-state index contributed by atoms with van der Waals surface area (Å²) in [4.78, 5) is 25.4. The SMILES string of the molecule is C=CC(=O)N1CCC(CNC(=O)c2ccc([C@H](C)O)cc2)CC1. The first-order valence-electron chi connectivity index (χ1n) is 7.99. The van der Waals surface area contributed by atoms with Crippen molar-refractivity contribution in [2.45, 2.75) is 25.9 Å². The number of likely N-dealkylation sites (tertiary alicyclic amines) is 1. The summed E-state index contributed by atoms with van der Waals surface area (Å²) < 4.78 is 0. The minimum absolute atomic E-state index is 0.0225. The van der Waals surface area contributed by atoms with Crippen LogP contribution in [0.2, 0.25) is 0 Å². The highest BCUT2D eigenvalue weighted by molar-refractivity contribution is 5.94. The molecular formula is C18H24N2O3. The van der Waals surface area contributed by atoms with Crippen molar-refractivity contribution in [2.75, 3.05) is 19.6 Å². The van der Waals surface area contributed by atoms with Gasteiger partial charge in [-0.1, -0.05) is 18.7 Å². The summed E-state index contributed by atoms with van der Waals surface area (Å²) in [5, 5.41) is 12.4. The lowest BCUT2D eigenvalue weighted by molar-refractivity contribution is -0.127. The van der Waals surface area contributed by atoms with Gasteiger partial charge in [-0.15, -0.1) is 0 Å². The number of nitrogens with zero attached hydrogens (tertiary/aromatic N) is 1. The molecule has 1 heterocycles. The van der Waals surface area contributed by atoms with E-state index in [-0.39, 0.29) is 11.8 Å². The zero-order valence-electron chi connectivity index (χ0n) is 13.5. The molecule has 0 saturated carbocycles. The summed E-state index contributed by atoms with van der Waals surface area (Å²) in [5.74, 6) is 0.266. The Bertz CT molecular complexity index is 558. The van der Waals surface area contributed by atoms with Gasteiger partial charge in [0.2, 0.25) is 5.91 Å². The monoisotopic (exact) mass is 316 g/mol. The van der Waals surface area contributed by atoms with Crippen molar-refractivity contribution in [3.8, 4) is 0 Å². The molecule has 2 amide bonds. The topological polar surface area (TPSA) is 69.6 Å². The number of aliphatic hydroxyl groups is 1. The Morgan fingerprint density at radius 1 is 1.35 bits per heavy atom. The fraction of sp³-hybridized carbons (Fsp3) is 0.444. The minimum Gasteiger partial charge on any atom is -0.389 e. The number of benzene rings is 1. The molecule has 5 heteroatoms. The Morgan fingerprint density at radius 3 is 2.48 bits per heavy atom. The number of carbonyl (C=O) groups is 2. The van der Waals surface area contributed by atoms with Crippen LogP contribution in [0.25, 0.3) is 0 Å². The molecule has 0 aromatic heterocycles. The molecule has 2 N–H and O–H groups in total. The van der Waals surface area contributed by atoms with Crippen LogP contribution < -0.4 is 5.32 Å². The number of nitrogens with one attached hydrogen (secondary N) is 1. The first-order valence-corrected chi connectivity index (χ1v) is 7.99. The van der Waals surface area contributed by atoms with Crippen molar-refractivity contribution >= 4 is 11.8 Å². The van der Waals surface area contributed by atoms with Crippen molar-refractivity contribution in [3.05, 3.63) is 48.0 Å². The molecule has 0 aliphatic carbocycles. The lowest BCUT2D eigenvalue weighted by Crippen LogP contribution is -2.40. The van der Waals surface area contributed by atoms with Crippen molar-refractivity contribution in [1.29, 1.82) is 0 Å². The highest BCUT2D eigenvalue weighted by Crippen LogP contribution is 2.17. The standard InChI is InChI=1S/C18H24N2O3/c1-3-17(22)20-10-8-14(9-11-20)12-19-18(23)16-6-4-15(5-7-16)13(2)21/h3-7,13-14,21H,1,8-12H2,2H3,(H,19,23)/t13-/m0/s1. The van der Waals surface area contributed by atoms with E-state index >= 15 is 0 Å². The summed E-state index contributed by atoms with van der Waals surface area (Å²) in [7, 11) is 0. The second kappa shape index (κ2) is 7.92. The molecule has 1 aromatic carbocycles. The minimum atomic E-state index is -0.532. The number of aliphatic hydroxyl groups excluding tert-OH is 1. The highest BCUT2D eigenvalue weighted by atomic mass is 16.3. The molecule has 1 atom stereocenters. The summed E-state index contributed by atoms with van der Waals surface area (Å²) in [6.45, 7) is 7.25. The Kier molecular flexibility index (Phi) is 5.93. The normalized spacial score (nSPS) is 16.7. The van der Waals surface area contributed by atoms with Crippen LogP contribution in [-0.4, -0.2) is 41.5 Å². The molecule has 0 spiro atoms. The fourth-order valence-corrected chi connectivity index (χ4v) is 2.74. The molecule has 1 aliphatic heterocycles. The lowest BCUT2D eigenvalue weighted by Gasteiger charge is -2.31. The average molecular weight is 316 g/mol. The summed E-state index contributed by atoms with van der Waals surface area (Å²) in [5.41, 5.74) is 1.38. The first kappa shape index (κ1) is 17.2. The summed E-state index contributed by atoms with van der Waals surface area (Å²) >= 11 is 0. The maximum absolute atomic E-state index is 12.1. The molecular weight excluding hydrogens is 292 g/mol. The van der Waals surface area contributed by atoms with Gasteiger partial charge in [-0.3, -0.25) is 9.59 Å². The molecule has 1 aliphatic rings. The largest absolute Gasteiger partial charge is 0.389 e. The molecule has 1 fully saturated rings. The van der Waals surface area contributed by atoms with Crippen LogP contribution in [0.15, 0.2) is 36.9 Å². The average Bonchev–Trinajstić information content (AvgIpc) is 2.59. The van der Waals surface area contributed by atoms with Gasteiger partial charge in [0, 0.05) is 25.2 Å². The van der Waals surface area contributed by atoms with Gasteiger partial charge in [0.1, 0.15) is 0 Å². The molecule has 0 radical (unpaired) electrons. The highest BCUT2D eigenvalue weighted by Gasteiger charge is 2.21. The zero-order chi connectivity index (χ0) is 16.8. The molecule has 1 aromatic rings. The molecule has 2 rings (SSSR count). The number of amides is 2. The van der Waals surface area contributed by atoms with Crippen LogP contribution >= 0.6 is 0 Å². The molecule has 5 nitrogen and oxygen atoms in total.